The Morgan fingerprint density at radius 3 is 2.36 bits per heavy atom. The highest BCUT2D eigenvalue weighted by Gasteiger charge is 2.10. The first-order valence-electron chi connectivity index (χ1n) is 17.2. The number of ether oxygens (including phenoxy) is 2. The molecular weight excluding hydrogens is 594 g/mol. The number of nitrogens with two attached hydrogens (primary N) is 2. The number of nitrogens with zero attached hydrogens (tertiary/aromatic N) is 4. The number of H-pyrrole nitrogens is 1. The lowest BCUT2D eigenvalue weighted by atomic mass is 10.1. The maximum atomic E-state index is 10.8. The fourth-order valence-electron chi connectivity index (χ4n) is 5.47. The first kappa shape index (κ1) is 37.7. The van der Waals surface area contributed by atoms with Gasteiger partial charge in [-0.05, 0) is 76.4 Å². The summed E-state index contributed by atoms with van der Waals surface area (Å²) in [6.07, 6.45) is 17.1. The monoisotopic (exact) mass is 649 g/mol. The van der Waals surface area contributed by atoms with E-state index in [-0.39, 0.29) is 6.42 Å². The minimum atomic E-state index is -0.737. The Labute approximate surface area is 279 Å². The number of unbranched alkanes of at least 4 members (excludes halogenated alkanes) is 8. The number of anilines is 1. The number of rotatable bonds is 23. The van der Waals surface area contributed by atoms with E-state index in [0.29, 0.717) is 18.8 Å². The summed E-state index contributed by atoms with van der Waals surface area (Å²) in [6, 6.07) is 11.8. The number of aromatic amines is 1. The quantitative estimate of drug-likeness (QED) is 0.0664. The van der Waals surface area contributed by atoms with Crippen LogP contribution in [-0.2, 0) is 16.0 Å². The topological polar surface area (TPSA) is 166 Å². The molecule has 4 aromatic rings. The van der Waals surface area contributed by atoms with Gasteiger partial charge in [0.15, 0.2) is 0 Å². The fraction of sp³-hybridized carbons (Fsp3) is 0.556. The molecule has 3 aromatic heterocycles. The molecule has 0 fully saturated rings. The van der Waals surface area contributed by atoms with Gasteiger partial charge in [-0.1, -0.05) is 50.7 Å². The van der Waals surface area contributed by atoms with Crippen molar-refractivity contribution >= 4 is 33.7 Å². The fourth-order valence-corrected chi connectivity index (χ4v) is 5.47. The van der Waals surface area contributed by atoms with Gasteiger partial charge in [0, 0.05) is 43.4 Å². The van der Waals surface area contributed by atoms with E-state index in [1.54, 1.807) is 7.11 Å². The van der Waals surface area contributed by atoms with Crippen molar-refractivity contribution in [3.05, 3.63) is 54.6 Å². The number of pyridine rings is 1. The van der Waals surface area contributed by atoms with Gasteiger partial charge in [0.1, 0.15) is 23.5 Å². The van der Waals surface area contributed by atoms with E-state index in [9.17, 15) is 4.79 Å². The molecule has 11 heteroatoms. The SMILES string of the molecule is COCCN(CCCCc1cc(OCCCCCCCCCCN)c2cc[nH]c2n1)CCCC(=O)O.Nc1ncnc2ccccc12. The van der Waals surface area contributed by atoms with Crippen molar-refractivity contribution in [2.24, 2.45) is 5.73 Å². The number of carboxylic acids is 1. The van der Waals surface area contributed by atoms with Gasteiger partial charge >= 0.3 is 5.97 Å². The number of methoxy groups -OCH3 is 1. The summed E-state index contributed by atoms with van der Waals surface area (Å²) in [6.45, 7) is 4.76. The molecule has 0 amide bonds. The maximum Gasteiger partial charge on any atom is 0.303 e. The standard InChI is InChI=1S/C28H48N4O4.C8H7N3/c1-35-22-20-32(19-12-14-27(33)34)18-10-8-13-24-23-26(25-15-17-30-28(25)31-24)36-21-11-7-5-3-2-4-6-9-16-29;9-8-6-3-1-2-4-7(6)10-5-11-8/h15,17,23H,2-14,16,18-22,29H2,1H3,(H,30,31)(H,33,34);1-5H,(H2,9,10,11). The molecular formula is C36H55N7O4. The lowest BCUT2D eigenvalue weighted by Gasteiger charge is -2.21. The van der Waals surface area contributed by atoms with Crippen LogP contribution in [0.15, 0.2) is 48.9 Å². The Morgan fingerprint density at radius 2 is 1.62 bits per heavy atom. The van der Waals surface area contributed by atoms with Gasteiger partial charge in [-0.15, -0.1) is 0 Å². The summed E-state index contributed by atoms with van der Waals surface area (Å²) in [5.41, 5.74) is 14.0. The molecule has 0 spiro atoms. The zero-order chi connectivity index (χ0) is 33.5. The van der Waals surface area contributed by atoms with Gasteiger partial charge < -0.3 is 35.9 Å². The van der Waals surface area contributed by atoms with E-state index in [2.05, 4.69) is 25.9 Å². The molecule has 0 saturated carbocycles. The Kier molecular flexibility index (Phi) is 18.2. The second kappa shape index (κ2) is 22.7. The molecule has 0 bridgehead atoms. The van der Waals surface area contributed by atoms with Crippen molar-refractivity contribution in [1.82, 2.24) is 24.8 Å². The van der Waals surface area contributed by atoms with Crippen molar-refractivity contribution < 1.29 is 19.4 Å². The third kappa shape index (κ3) is 14.7. The highest BCUT2D eigenvalue weighted by atomic mass is 16.5. The van der Waals surface area contributed by atoms with E-state index in [1.165, 1.54) is 44.9 Å². The molecule has 0 radical (unpaired) electrons. The number of aromatic nitrogens is 4. The average molecular weight is 650 g/mol. The molecule has 0 saturated heterocycles. The number of para-hydroxylation sites is 1. The molecule has 0 aliphatic rings. The molecule has 11 nitrogen and oxygen atoms in total. The number of hydrogen-bond acceptors (Lipinski definition) is 9. The summed E-state index contributed by atoms with van der Waals surface area (Å²) in [5.74, 6) is 0.726. The highest BCUT2D eigenvalue weighted by Crippen LogP contribution is 2.26. The van der Waals surface area contributed by atoms with Crippen LogP contribution in [0.2, 0.25) is 0 Å². The summed E-state index contributed by atoms with van der Waals surface area (Å²) in [7, 11) is 1.70. The lowest BCUT2D eigenvalue weighted by molar-refractivity contribution is -0.137. The number of aryl methyl sites for hydroxylation is 1. The molecule has 0 unspecified atom stereocenters. The van der Waals surface area contributed by atoms with Gasteiger partial charge in [-0.3, -0.25) is 4.79 Å². The van der Waals surface area contributed by atoms with E-state index in [1.807, 2.05) is 36.5 Å². The second-order valence-corrected chi connectivity index (χ2v) is 11.9. The van der Waals surface area contributed by atoms with Crippen LogP contribution < -0.4 is 16.2 Å². The van der Waals surface area contributed by atoms with Crippen molar-refractivity contribution in [2.45, 2.75) is 83.5 Å². The summed E-state index contributed by atoms with van der Waals surface area (Å²) in [4.78, 5) is 29.1. The molecule has 0 atom stereocenters. The van der Waals surface area contributed by atoms with Crippen molar-refractivity contribution in [1.29, 1.82) is 0 Å². The van der Waals surface area contributed by atoms with E-state index >= 15 is 0 Å². The largest absolute Gasteiger partial charge is 0.493 e. The summed E-state index contributed by atoms with van der Waals surface area (Å²) in [5, 5.41) is 10.9. The van der Waals surface area contributed by atoms with Gasteiger partial charge in [0.25, 0.3) is 0 Å². The number of hydrogen-bond donors (Lipinski definition) is 4. The number of nitrogen functional groups attached to an aromatic ring is 1. The zero-order valence-electron chi connectivity index (χ0n) is 28.2. The van der Waals surface area contributed by atoms with E-state index in [0.717, 1.165) is 98.3 Å². The first-order valence-corrected chi connectivity index (χ1v) is 17.2. The minimum absolute atomic E-state index is 0.210. The predicted octanol–water partition coefficient (Wildman–Crippen LogP) is 6.37. The van der Waals surface area contributed by atoms with Gasteiger partial charge in [-0.25, -0.2) is 15.0 Å². The molecule has 258 valence electrons. The molecule has 3 heterocycles. The zero-order valence-corrected chi connectivity index (χ0v) is 28.2. The maximum absolute atomic E-state index is 10.8. The number of benzene rings is 1. The molecule has 4 rings (SSSR count). The van der Waals surface area contributed by atoms with Crippen LogP contribution in [0, 0.1) is 0 Å². The third-order valence-electron chi connectivity index (χ3n) is 8.11. The Balaban J connectivity index is 0.000000453. The van der Waals surface area contributed by atoms with E-state index < -0.39 is 5.97 Å². The van der Waals surface area contributed by atoms with Gasteiger partial charge in [0.2, 0.25) is 0 Å². The van der Waals surface area contributed by atoms with Crippen LogP contribution in [0.1, 0.15) is 82.7 Å². The second-order valence-electron chi connectivity index (χ2n) is 11.9. The Hall–Kier alpha value is -3.80. The third-order valence-corrected chi connectivity index (χ3v) is 8.11. The smallest absolute Gasteiger partial charge is 0.303 e. The van der Waals surface area contributed by atoms with Crippen molar-refractivity contribution in [2.75, 3.05) is 52.2 Å². The van der Waals surface area contributed by atoms with Gasteiger partial charge in [-0.2, -0.15) is 0 Å². The molecule has 47 heavy (non-hydrogen) atoms. The molecule has 6 N–H and O–H groups in total. The lowest BCUT2D eigenvalue weighted by Crippen LogP contribution is -2.30. The van der Waals surface area contributed by atoms with Crippen LogP contribution in [0.4, 0.5) is 5.82 Å². The van der Waals surface area contributed by atoms with Crippen LogP contribution >= 0.6 is 0 Å². The summed E-state index contributed by atoms with van der Waals surface area (Å²) < 4.78 is 11.4. The number of fused-ring (bicyclic) bond motifs is 2. The van der Waals surface area contributed by atoms with Gasteiger partial charge in [0.05, 0.1) is 24.1 Å². The van der Waals surface area contributed by atoms with Crippen LogP contribution in [0.5, 0.6) is 5.75 Å². The number of aliphatic carboxylic acids is 1. The predicted molar refractivity (Wildman–Crippen MR) is 190 cm³/mol. The highest BCUT2D eigenvalue weighted by molar-refractivity contribution is 5.87. The number of carboxylic acid groups (broad SMARTS) is 1. The molecule has 1 aromatic carbocycles. The number of nitrogens with one attached hydrogen (secondary N) is 1. The minimum Gasteiger partial charge on any atom is -0.493 e. The van der Waals surface area contributed by atoms with Crippen LogP contribution in [0.3, 0.4) is 0 Å². The molecule has 0 aliphatic heterocycles. The Morgan fingerprint density at radius 1 is 0.872 bits per heavy atom. The summed E-state index contributed by atoms with van der Waals surface area (Å²) >= 11 is 0. The van der Waals surface area contributed by atoms with Crippen molar-refractivity contribution in [3.8, 4) is 5.75 Å². The first-order chi connectivity index (χ1) is 23.0. The van der Waals surface area contributed by atoms with Crippen LogP contribution in [0.25, 0.3) is 21.9 Å². The van der Waals surface area contributed by atoms with Crippen LogP contribution in [-0.4, -0.2) is 82.4 Å². The molecule has 0 aliphatic carbocycles. The Bertz CT molecular complexity index is 1430. The average Bonchev–Trinajstić information content (AvgIpc) is 3.55. The van der Waals surface area contributed by atoms with Crippen molar-refractivity contribution in [3.63, 3.8) is 0 Å². The normalized spacial score (nSPS) is 11.2. The van der Waals surface area contributed by atoms with E-state index in [4.69, 9.17) is 31.0 Å². The number of carbonyl (C=O) groups is 1.